The first kappa shape index (κ1) is 34.1. The van der Waals surface area contributed by atoms with E-state index in [-0.39, 0.29) is 12.1 Å². The highest BCUT2D eigenvalue weighted by molar-refractivity contribution is 7.02. The number of aromatic nitrogens is 2. The van der Waals surface area contributed by atoms with Crippen LogP contribution in [0.5, 0.6) is 0 Å². The molecular formula is C55H38BN5. The smallest absolute Gasteiger partial charge is 0.255 e. The number of para-hydroxylation sites is 5. The molecule has 286 valence electrons. The van der Waals surface area contributed by atoms with Gasteiger partial charge in [-0.1, -0.05) is 124 Å². The van der Waals surface area contributed by atoms with Crippen LogP contribution in [0.15, 0.2) is 176 Å². The fraction of sp³-hybridized carbons (Fsp3) is 0.0727. The van der Waals surface area contributed by atoms with Gasteiger partial charge in [-0.05, 0) is 106 Å². The van der Waals surface area contributed by atoms with Crippen LogP contribution in [0, 0.1) is 11.3 Å². The molecule has 0 aliphatic carbocycles. The fourth-order valence-electron chi connectivity index (χ4n) is 10.8. The second-order valence-corrected chi connectivity index (χ2v) is 17.7. The van der Waals surface area contributed by atoms with Crippen molar-refractivity contribution < 1.29 is 0 Å². The zero-order valence-electron chi connectivity index (χ0n) is 34.1. The van der Waals surface area contributed by atoms with Crippen molar-refractivity contribution >= 4 is 106 Å². The Labute approximate surface area is 354 Å². The van der Waals surface area contributed by atoms with Gasteiger partial charge in [0.15, 0.2) is 0 Å². The van der Waals surface area contributed by atoms with E-state index in [1.165, 1.54) is 49.9 Å². The molecule has 0 saturated heterocycles. The van der Waals surface area contributed by atoms with E-state index >= 15 is 0 Å². The average Bonchev–Trinajstić information content (AvgIpc) is 3.94. The summed E-state index contributed by atoms with van der Waals surface area (Å²) in [5.41, 5.74) is 17.1. The minimum atomic E-state index is -0.163. The number of benzene rings is 8. The highest BCUT2D eigenvalue weighted by atomic mass is 15.3. The number of nitriles is 1. The number of fused-ring (bicyclic) bond motifs is 13. The lowest BCUT2D eigenvalue weighted by atomic mass is 9.33. The van der Waals surface area contributed by atoms with Crippen LogP contribution in [0.25, 0.3) is 54.7 Å². The Balaban J connectivity index is 1.28. The Morgan fingerprint density at radius 3 is 1.70 bits per heavy atom. The number of rotatable bonds is 3. The van der Waals surface area contributed by atoms with Crippen molar-refractivity contribution in [2.24, 2.45) is 0 Å². The zero-order chi connectivity index (χ0) is 40.7. The van der Waals surface area contributed by atoms with Gasteiger partial charge in [0.25, 0.3) is 6.71 Å². The van der Waals surface area contributed by atoms with Gasteiger partial charge in [-0.25, -0.2) is 0 Å². The second kappa shape index (κ2) is 12.2. The van der Waals surface area contributed by atoms with E-state index in [0.29, 0.717) is 5.56 Å². The van der Waals surface area contributed by atoms with Crippen LogP contribution < -0.4 is 26.2 Å². The molecule has 0 N–H and O–H groups in total. The highest BCUT2D eigenvalue weighted by Crippen LogP contribution is 2.51. The van der Waals surface area contributed by atoms with Crippen molar-refractivity contribution in [3.8, 4) is 11.8 Å². The molecule has 0 bridgehead atoms. The van der Waals surface area contributed by atoms with Gasteiger partial charge >= 0.3 is 0 Å². The van der Waals surface area contributed by atoms with Crippen molar-refractivity contribution in [1.29, 1.82) is 5.26 Å². The summed E-state index contributed by atoms with van der Waals surface area (Å²) in [6.45, 7) is 6.87. The average molecular weight is 780 g/mol. The maximum absolute atomic E-state index is 10.4. The van der Waals surface area contributed by atoms with Crippen molar-refractivity contribution in [1.82, 2.24) is 8.97 Å². The standard InChI is InChI=1S/C55H38BN5/c1-55(2,3)35-31-47-50-48(32-35)60(38-21-11-6-12-22-38)54-49(41-24-14-16-26-46(41)59(54)37-19-9-5-10-20-37)56(50)44-28-27-40-43-30-34(33-57)29-42-39-23-13-15-25-45(39)61(51(42)43)52(40)53(44)58(47)36-17-7-4-8-18-36/h4-32H,1-3H3. The quantitative estimate of drug-likeness (QED) is 0.168. The van der Waals surface area contributed by atoms with E-state index in [1.807, 2.05) is 0 Å². The summed E-state index contributed by atoms with van der Waals surface area (Å²) in [5.74, 6) is 1.16. The molecule has 0 spiro atoms. The minimum Gasteiger partial charge on any atom is -0.309 e. The first-order valence-corrected chi connectivity index (χ1v) is 21.1. The summed E-state index contributed by atoms with van der Waals surface area (Å²) in [7, 11) is 0. The first-order valence-electron chi connectivity index (χ1n) is 21.1. The van der Waals surface area contributed by atoms with E-state index in [1.54, 1.807) is 0 Å². The molecule has 61 heavy (non-hydrogen) atoms. The lowest BCUT2D eigenvalue weighted by Gasteiger charge is -2.44. The maximum atomic E-state index is 10.4. The molecule has 0 fully saturated rings. The summed E-state index contributed by atoms with van der Waals surface area (Å²) in [6, 6.07) is 66.7. The Morgan fingerprint density at radius 2 is 1.05 bits per heavy atom. The first-order chi connectivity index (χ1) is 29.9. The molecule has 5 nitrogen and oxygen atoms in total. The SMILES string of the molecule is CC(C)(C)c1cc2c3c(c1)N(c1ccccc1)c1c(c4ccccc4n1-c1ccccc1)B3c1ccc3c4cc(C#N)cc5c6ccccc6n(c3c1N2c1ccccc1)c54. The van der Waals surface area contributed by atoms with Gasteiger partial charge in [-0.2, -0.15) is 5.26 Å². The molecule has 0 radical (unpaired) electrons. The summed E-state index contributed by atoms with van der Waals surface area (Å²) in [5, 5.41) is 16.1. The van der Waals surface area contributed by atoms with E-state index in [2.05, 4.69) is 222 Å². The molecule has 0 amide bonds. The van der Waals surface area contributed by atoms with E-state index in [4.69, 9.17) is 0 Å². The minimum absolute atomic E-state index is 0.111. The van der Waals surface area contributed by atoms with Crippen molar-refractivity contribution in [2.45, 2.75) is 26.2 Å². The van der Waals surface area contributed by atoms with Crippen LogP contribution in [0.3, 0.4) is 0 Å². The summed E-state index contributed by atoms with van der Waals surface area (Å²) in [4.78, 5) is 5.09. The molecule has 11 aromatic rings. The van der Waals surface area contributed by atoms with Crippen molar-refractivity contribution in [2.75, 3.05) is 9.80 Å². The lowest BCUT2D eigenvalue weighted by Crippen LogP contribution is -2.61. The number of hydrogen-bond acceptors (Lipinski definition) is 3. The zero-order valence-corrected chi connectivity index (χ0v) is 34.1. The van der Waals surface area contributed by atoms with E-state index in [9.17, 15) is 5.26 Å². The Bertz CT molecular complexity index is 3650. The van der Waals surface area contributed by atoms with Gasteiger partial charge in [0.2, 0.25) is 0 Å². The molecule has 2 aliphatic rings. The Morgan fingerprint density at radius 1 is 0.492 bits per heavy atom. The normalized spacial score (nSPS) is 13.4. The van der Waals surface area contributed by atoms with Gasteiger partial charge in [0.1, 0.15) is 5.82 Å². The summed E-state index contributed by atoms with van der Waals surface area (Å²) < 4.78 is 4.99. The molecule has 13 rings (SSSR count). The van der Waals surface area contributed by atoms with Gasteiger partial charge in [0, 0.05) is 50.0 Å². The Hall–Kier alpha value is -7.75. The maximum Gasteiger partial charge on any atom is 0.255 e. The number of hydrogen-bond donors (Lipinski definition) is 0. The molecule has 2 aliphatic heterocycles. The van der Waals surface area contributed by atoms with Crippen LogP contribution >= 0.6 is 0 Å². The monoisotopic (exact) mass is 779 g/mol. The third-order valence-corrected chi connectivity index (χ3v) is 13.3. The predicted octanol–water partition coefficient (Wildman–Crippen LogP) is 12.0. The fourth-order valence-corrected chi connectivity index (χ4v) is 10.8. The topological polar surface area (TPSA) is 39.6 Å². The molecule has 5 heterocycles. The number of anilines is 6. The van der Waals surface area contributed by atoms with Crippen LogP contribution in [0.4, 0.5) is 34.3 Å². The second-order valence-electron chi connectivity index (χ2n) is 17.7. The Kier molecular flexibility index (Phi) is 6.81. The third-order valence-electron chi connectivity index (χ3n) is 13.3. The summed E-state index contributed by atoms with van der Waals surface area (Å²) in [6.07, 6.45) is 0. The van der Waals surface area contributed by atoms with Crippen LogP contribution in [-0.4, -0.2) is 15.7 Å². The molecular weight excluding hydrogens is 741 g/mol. The molecule has 0 unspecified atom stereocenters. The predicted molar refractivity (Wildman–Crippen MR) is 255 cm³/mol. The van der Waals surface area contributed by atoms with Crippen molar-refractivity contribution in [3.05, 3.63) is 187 Å². The van der Waals surface area contributed by atoms with Crippen LogP contribution in [0.2, 0.25) is 0 Å². The van der Waals surface area contributed by atoms with Crippen LogP contribution in [0.1, 0.15) is 31.9 Å². The molecule has 6 heteroatoms. The molecule has 3 aromatic heterocycles. The van der Waals surface area contributed by atoms with Crippen LogP contribution in [-0.2, 0) is 5.41 Å². The molecule has 0 atom stereocenters. The van der Waals surface area contributed by atoms with Gasteiger partial charge < -0.3 is 9.30 Å². The van der Waals surface area contributed by atoms with Gasteiger partial charge in [0.05, 0.1) is 39.4 Å². The van der Waals surface area contributed by atoms with Gasteiger partial charge in [-0.3, -0.25) is 9.47 Å². The summed E-state index contributed by atoms with van der Waals surface area (Å²) >= 11 is 0. The van der Waals surface area contributed by atoms with Crippen molar-refractivity contribution in [3.63, 3.8) is 0 Å². The van der Waals surface area contributed by atoms with E-state index in [0.717, 1.165) is 61.0 Å². The largest absolute Gasteiger partial charge is 0.309 e. The molecule has 0 saturated carbocycles. The number of nitrogens with zero attached hydrogens (tertiary/aromatic N) is 5. The molecule has 8 aromatic carbocycles. The lowest BCUT2D eigenvalue weighted by molar-refractivity contribution is 0.590. The highest BCUT2D eigenvalue weighted by Gasteiger charge is 2.48. The third kappa shape index (κ3) is 4.50. The van der Waals surface area contributed by atoms with E-state index < -0.39 is 0 Å². The van der Waals surface area contributed by atoms with Gasteiger partial charge in [-0.15, -0.1) is 0 Å².